The van der Waals surface area contributed by atoms with Crippen molar-refractivity contribution in [2.24, 2.45) is 11.8 Å². The minimum Gasteiger partial charge on any atom is -0.457 e. The zero-order valence-electron chi connectivity index (χ0n) is 24.5. The summed E-state index contributed by atoms with van der Waals surface area (Å²) in [6.07, 6.45) is 9.75. The van der Waals surface area contributed by atoms with E-state index >= 15 is 0 Å². The number of nitrogens with one attached hydrogen (secondary N) is 2. The molecule has 2 aromatic rings. The largest absolute Gasteiger partial charge is 0.457 e. The molecule has 1 aliphatic carbocycles. The summed E-state index contributed by atoms with van der Waals surface area (Å²) >= 11 is 0. The fourth-order valence-corrected chi connectivity index (χ4v) is 7.18. The van der Waals surface area contributed by atoms with Crippen molar-refractivity contribution < 1.29 is 22.7 Å². The van der Waals surface area contributed by atoms with Crippen LogP contribution in [0.2, 0.25) is 0 Å². The summed E-state index contributed by atoms with van der Waals surface area (Å²) < 4.78 is 31.1. The Morgan fingerprint density at radius 3 is 2.10 bits per heavy atom. The SMILES string of the molecule is CN1C(=O)[C@H](CC2CCCCC2)NC(=O)C1C1CCN(Cc2ccc(Oc3ccc(NS(C)(=O)=O)cc3)cc2)CC1.Cl. The molecule has 0 bridgehead atoms. The van der Waals surface area contributed by atoms with E-state index in [1.807, 2.05) is 19.2 Å². The van der Waals surface area contributed by atoms with Gasteiger partial charge in [0.1, 0.15) is 23.6 Å². The summed E-state index contributed by atoms with van der Waals surface area (Å²) in [5, 5.41) is 3.09. The van der Waals surface area contributed by atoms with Crippen LogP contribution in [-0.2, 0) is 26.2 Å². The van der Waals surface area contributed by atoms with Crippen molar-refractivity contribution in [2.45, 2.75) is 70.0 Å². The average molecular weight is 619 g/mol. The van der Waals surface area contributed by atoms with Gasteiger partial charge in [-0.15, -0.1) is 12.4 Å². The zero-order chi connectivity index (χ0) is 29.0. The number of sulfonamides is 1. The molecule has 9 nitrogen and oxygen atoms in total. The van der Waals surface area contributed by atoms with Crippen LogP contribution in [0.3, 0.4) is 0 Å². The van der Waals surface area contributed by atoms with Crippen molar-refractivity contribution in [3.05, 3.63) is 54.1 Å². The lowest BCUT2D eigenvalue weighted by Gasteiger charge is -2.44. The molecule has 2 amide bonds. The van der Waals surface area contributed by atoms with Gasteiger partial charge in [-0.25, -0.2) is 8.42 Å². The number of halogens is 1. The lowest BCUT2D eigenvalue weighted by molar-refractivity contribution is -0.151. The molecule has 0 aromatic heterocycles. The number of piperidine rings is 1. The number of anilines is 1. The van der Waals surface area contributed by atoms with Gasteiger partial charge in [-0.1, -0.05) is 44.2 Å². The fraction of sp³-hybridized carbons (Fsp3) is 0.548. The molecule has 3 aliphatic rings. The lowest BCUT2D eigenvalue weighted by Crippen LogP contribution is -2.65. The van der Waals surface area contributed by atoms with Gasteiger partial charge in [0, 0.05) is 19.3 Å². The van der Waals surface area contributed by atoms with E-state index in [-0.39, 0.29) is 42.2 Å². The molecule has 0 radical (unpaired) electrons. The van der Waals surface area contributed by atoms with E-state index in [9.17, 15) is 18.0 Å². The van der Waals surface area contributed by atoms with Gasteiger partial charge in [0.2, 0.25) is 21.8 Å². The van der Waals surface area contributed by atoms with Crippen LogP contribution >= 0.6 is 12.4 Å². The van der Waals surface area contributed by atoms with E-state index < -0.39 is 10.0 Å². The van der Waals surface area contributed by atoms with Gasteiger partial charge in [-0.2, -0.15) is 0 Å². The number of benzene rings is 2. The molecular formula is C31H43ClN4O5S. The maximum Gasteiger partial charge on any atom is 0.245 e. The number of piperazine rings is 1. The molecule has 2 aliphatic heterocycles. The Balaban J connectivity index is 0.00000405. The molecule has 42 heavy (non-hydrogen) atoms. The molecule has 2 N–H and O–H groups in total. The average Bonchev–Trinajstić information content (AvgIpc) is 2.94. The van der Waals surface area contributed by atoms with Crippen molar-refractivity contribution in [1.29, 1.82) is 0 Å². The first-order chi connectivity index (χ1) is 19.6. The number of hydrogen-bond donors (Lipinski definition) is 2. The van der Waals surface area contributed by atoms with Gasteiger partial charge in [-0.3, -0.25) is 19.2 Å². The van der Waals surface area contributed by atoms with Crippen molar-refractivity contribution in [3.63, 3.8) is 0 Å². The molecule has 2 atom stereocenters. The van der Waals surface area contributed by atoms with Crippen molar-refractivity contribution in [1.82, 2.24) is 15.1 Å². The van der Waals surface area contributed by atoms with Crippen molar-refractivity contribution in [3.8, 4) is 11.5 Å². The highest BCUT2D eigenvalue weighted by Gasteiger charge is 2.43. The van der Waals surface area contributed by atoms with Gasteiger partial charge < -0.3 is 15.0 Å². The van der Waals surface area contributed by atoms with Gasteiger partial charge in [0.05, 0.1) is 6.26 Å². The normalized spacial score (nSPS) is 22.8. The molecule has 2 aromatic carbocycles. The molecule has 1 unspecified atom stereocenters. The van der Waals surface area contributed by atoms with Crippen LogP contribution in [-0.4, -0.2) is 68.5 Å². The summed E-state index contributed by atoms with van der Waals surface area (Å²) in [4.78, 5) is 30.5. The molecule has 230 valence electrons. The quantitative estimate of drug-likeness (QED) is 0.419. The van der Waals surface area contributed by atoms with Gasteiger partial charge in [0.25, 0.3) is 0 Å². The van der Waals surface area contributed by atoms with Crippen LogP contribution in [0.15, 0.2) is 48.5 Å². The molecular weight excluding hydrogens is 576 g/mol. The Bertz CT molecular complexity index is 1310. The summed E-state index contributed by atoms with van der Waals surface area (Å²) in [5.41, 5.74) is 1.66. The summed E-state index contributed by atoms with van der Waals surface area (Å²) in [7, 11) is -1.50. The number of likely N-dealkylation sites (tertiary alicyclic amines) is 1. The number of hydrogen-bond acceptors (Lipinski definition) is 6. The van der Waals surface area contributed by atoms with E-state index in [0.29, 0.717) is 23.1 Å². The van der Waals surface area contributed by atoms with Gasteiger partial charge in [-0.05, 0) is 86.1 Å². The number of amides is 2. The molecule has 2 saturated heterocycles. The Hall–Kier alpha value is -2.82. The van der Waals surface area contributed by atoms with Crippen molar-refractivity contribution in [2.75, 3.05) is 31.1 Å². The number of ether oxygens (including phenoxy) is 1. The van der Waals surface area contributed by atoms with Crippen LogP contribution in [0.25, 0.3) is 0 Å². The van der Waals surface area contributed by atoms with E-state index in [1.165, 1.54) is 37.7 Å². The number of rotatable bonds is 9. The maximum atomic E-state index is 13.2. The highest BCUT2D eigenvalue weighted by atomic mass is 35.5. The third kappa shape index (κ3) is 8.39. The Labute approximate surface area is 255 Å². The number of nitrogens with zero attached hydrogens (tertiary/aromatic N) is 2. The Morgan fingerprint density at radius 2 is 1.50 bits per heavy atom. The molecule has 1 saturated carbocycles. The second-order valence-corrected chi connectivity index (χ2v) is 13.7. The molecule has 0 spiro atoms. The number of carbonyl (C=O) groups is 2. The minimum atomic E-state index is -3.32. The van der Waals surface area contributed by atoms with Crippen LogP contribution in [0.1, 0.15) is 56.9 Å². The first-order valence-electron chi connectivity index (χ1n) is 14.8. The van der Waals surface area contributed by atoms with E-state index in [2.05, 4.69) is 27.1 Å². The van der Waals surface area contributed by atoms with Crippen molar-refractivity contribution >= 4 is 39.9 Å². The smallest absolute Gasteiger partial charge is 0.245 e. The minimum absolute atomic E-state index is 0. The Morgan fingerprint density at radius 1 is 0.905 bits per heavy atom. The third-order valence-electron chi connectivity index (χ3n) is 8.74. The molecule has 2 heterocycles. The third-order valence-corrected chi connectivity index (χ3v) is 9.35. The van der Waals surface area contributed by atoms with Crippen LogP contribution in [0.4, 0.5) is 5.69 Å². The highest BCUT2D eigenvalue weighted by Crippen LogP contribution is 2.32. The Kier molecular flexibility index (Phi) is 10.8. The highest BCUT2D eigenvalue weighted by molar-refractivity contribution is 7.92. The fourth-order valence-electron chi connectivity index (χ4n) is 6.61. The molecule has 5 rings (SSSR count). The number of carbonyl (C=O) groups excluding carboxylic acids is 2. The monoisotopic (exact) mass is 618 g/mol. The summed E-state index contributed by atoms with van der Waals surface area (Å²) in [5.74, 6) is 2.13. The first kappa shape index (κ1) is 32.1. The van der Waals surface area contributed by atoms with E-state index in [4.69, 9.17) is 4.74 Å². The van der Waals surface area contributed by atoms with E-state index in [1.54, 1.807) is 29.2 Å². The summed E-state index contributed by atoms with van der Waals surface area (Å²) in [6.45, 7) is 2.58. The zero-order valence-corrected chi connectivity index (χ0v) is 26.1. The van der Waals surface area contributed by atoms with E-state index in [0.717, 1.165) is 45.2 Å². The summed E-state index contributed by atoms with van der Waals surface area (Å²) in [6, 6.07) is 14.0. The predicted molar refractivity (Wildman–Crippen MR) is 166 cm³/mol. The predicted octanol–water partition coefficient (Wildman–Crippen LogP) is 4.78. The standard InChI is InChI=1S/C31H42N4O5S.ClH/c1-34-29(30(36)32-28(31(34)37)20-22-6-4-3-5-7-22)24-16-18-35(19-17-24)21-23-8-12-26(13-9-23)40-27-14-10-25(11-15-27)33-41(2,38)39;/h8-15,22,24,28-29,33H,3-7,16-21H2,1-2H3,(H,32,36);1H/t28-,29?;/m0./s1. The van der Waals surface area contributed by atoms with Gasteiger partial charge >= 0.3 is 0 Å². The second kappa shape index (κ2) is 14.1. The van der Waals surface area contributed by atoms with Crippen LogP contribution < -0.4 is 14.8 Å². The maximum absolute atomic E-state index is 13.2. The number of likely N-dealkylation sites (N-methyl/N-ethyl adjacent to an activating group) is 1. The first-order valence-corrected chi connectivity index (χ1v) is 16.7. The topological polar surface area (TPSA) is 108 Å². The molecule has 3 fully saturated rings. The van der Waals surface area contributed by atoms with Crippen LogP contribution in [0.5, 0.6) is 11.5 Å². The second-order valence-electron chi connectivity index (χ2n) is 12.0. The lowest BCUT2D eigenvalue weighted by atomic mass is 9.82. The van der Waals surface area contributed by atoms with Crippen LogP contribution in [0, 0.1) is 11.8 Å². The molecule has 11 heteroatoms. The van der Waals surface area contributed by atoms with Gasteiger partial charge in [0.15, 0.2) is 0 Å².